The van der Waals surface area contributed by atoms with Gasteiger partial charge in [0.1, 0.15) is 11.6 Å². The van der Waals surface area contributed by atoms with Gasteiger partial charge in [-0.2, -0.15) is 0 Å². The first-order valence-corrected chi connectivity index (χ1v) is 6.50. The number of hydrogen-bond donors (Lipinski definition) is 3. The quantitative estimate of drug-likeness (QED) is 0.788. The number of benzene rings is 1. The Kier molecular flexibility index (Phi) is 4.84. The summed E-state index contributed by atoms with van der Waals surface area (Å²) in [6, 6.07) is 8.96. The molecule has 1 amide bonds. The minimum Gasteiger partial charge on any atom is -0.394 e. The monoisotopic (exact) mass is 289 g/mol. The molecule has 0 spiro atoms. The predicted molar refractivity (Wildman–Crippen MR) is 77.9 cm³/mol. The van der Waals surface area contributed by atoms with Gasteiger partial charge in [0.15, 0.2) is 0 Å². The maximum absolute atomic E-state index is 13.6. The summed E-state index contributed by atoms with van der Waals surface area (Å²) in [5.41, 5.74) is 0.515. The van der Waals surface area contributed by atoms with Crippen molar-refractivity contribution < 1.29 is 14.3 Å². The van der Waals surface area contributed by atoms with Crippen molar-refractivity contribution in [2.24, 2.45) is 0 Å². The van der Waals surface area contributed by atoms with Crippen molar-refractivity contribution in [2.45, 2.75) is 13.0 Å². The Labute approximate surface area is 121 Å². The van der Waals surface area contributed by atoms with E-state index in [0.29, 0.717) is 0 Å². The lowest BCUT2D eigenvalue weighted by Crippen LogP contribution is -2.35. The number of amides is 1. The van der Waals surface area contributed by atoms with Crippen molar-refractivity contribution in [3.05, 3.63) is 54.0 Å². The molecule has 1 unspecified atom stereocenters. The van der Waals surface area contributed by atoms with Gasteiger partial charge in [0, 0.05) is 12.2 Å². The largest absolute Gasteiger partial charge is 0.394 e. The molecular weight excluding hydrogens is 273 g/mol. The highest BCUT2D eigenvalue weighted by Gasteiger charge is 2.15. The maximum atomic E-state index is 13.6. The predicted octanol–water partition coefficient (Wildman–Crippen LogP) is 2.07. The van der Waals surface area contributed by atoms with Gasteiger partial charge in [0.2, 0.25) is 0 Å². The topological polar surface area (TPSA) is 74.2 Å². The Morgan fingerprint density at radius 3 is 2.81 bits per heavy atom. The Hall–Kier alpha value is -2.47. The highest BCUT2D eigenvalue weighted by atomic mass is 19.1. The number of aromatic nitrogens is 1. The van der Waals surface area contributed by atoms with Crippen LogP contribution < -0.4 is 10.6 Å². The number of nitrogens with one attached hydrogen (secondary N) is 2. The SMILES string of the molecule is CC(CO)NC(=O)c1cccnc1Nc1ccccc1F. The molecule has 110 valence electrons. The van der Waals surface area contributed by atoms with Crippen LogP contribution in [0.25, 0.3) is 0 Å². The van der Waals surface area contributed by atoms with Crippen LogP contribution in [0.5, 0.6) is 0 Å². The molecule has 0 fully saturated rings. The van der Waals surface area contributed by atoms with Gasteiger partial charge in [-0.1, -0.05) is 12.1 Å². The van der Waals surface area contributed by atoms with E-state index in [1.165, 1.54) is 12.3 Å². The number of carbonyl (C=O) groups is 1. The third-order valence-electron chi connectivity index (χ3n) is 2.83. The van der Waals surface area contributed by atoms with Crippen molar-refractivity contribution in [3.8, 4) is 0 Å². The Balaban J connectivity index is 2.25. The highest BCUT2D eigenvalue weighted by molar-refractivity contribution is 5.99. The summed E-state index contributed by atoms with van der Waals surface area (Å²) >= 11 is 0. The maximum Gasteiger partial charge on any atom is 0.255 e. The van der Waals surface area contributed by atoms with Crippen LogP contribution in [0.1, 0.15) is 17.3 Å². The lowest BCUT2D eigenvalue weighted by molar-refractivity contribution is 0.0923. The summed E-state index contributed by atoms with van der Waals surface area (Å²) < 4.78 is 13.6. The van der Waals surface area contributed by atoms with Gasteiger partial charge < -0.3 is 15.7 Å². The zero-order chi connectivity index (χ0) is 15.2. The average molecular weight is 289 g/mol. The number of aliphatic hydroxyl groups excluding tert-OH is 1. The van der Waals surface area contributed by atoms with Crippen LogP contribution in [-0.4, -0.2) is 28.6 Å². The zero-order valence-electron chi connectivity index (χ0n) is 11.5. The molecule has 0 saturated heterocycles. The van der Waals surface area contributed by atoms with E-state index in [-0.39, 0.29) is 35.6 Å². The summed E-state index contributed by atoms with van der Waals surface area (Å²) in [5, 5.41) is 14.4. The van der Waals surface area contributed by atoms with Gasteiger partial charge in [-0.25, -0.2) is 9.37 Å². The number of para-hydroxylation sites is 1. The molecule has 0 aliphatic rings. The van der Waals surface area contributed by atoms with Crippen molar-refractivity contribution in [2.75, 3.05) is 11.9 Å². The molecule has 3 N–H and O–H groups in total. The summed E-state index contributed by atoms with van der Waals surface area (Å²) in [7, 11) is 0. The van der Waals surface area contributed by atoms with Gasteiger partial charge >= 0.3 is 0 Å². The standard InChI is InChI=1S/C15H16FN3O2/c1-10(9-20)18-15(21)11-5-4-8-17-14(11)19-13-7-3-2-6-12(13)16/h2-8,10,20H,9H2,1H3,(H,17,19)(H,18,21). The number of pyridine rings is 1. The molecular formula is C15H16FN3O2. The Morgan fingerprint density at radius 2 is 2.10 bits per heavy atom. The summed E-state index contributed by atoms with van der Waals surface area (Å²) in [5.74, 6) is -0.563. The fourth-order valence-electron chi connectivity index (χ4n) is 1.73. The molecule has 1 heterocycles. The van der Waals surface area contributed by atoms with E-state index in [0.717, 1.165) is 0 Å². The molecule has 0 aliphatic carbocycles. The van der Waals surface area contributed by atoms with E-state index in [1.54, 1.807) is 37.3 Å². The second kappa shape index (κ2) is 6.81. The molecule has 2 aromatic rings. The first-order valence-electron chi connectivity index (χ1n) is 6.50. The molecule has 1 aromatic carbocycles. The van der Waals surface area contributed by atoms with Gasteiger partial charge in [-0.05, 0) is 31.2 Å². The second-order valence-corrected chi connectivity index (χ2v) is 4.56. The molecule has 0 radical (unpaired) electrons. The normalized spacial score (nSPS) is 11.8. The third-order valence-corrected chi connectivity index (χ3v) is 2.83. The summed E-state index contributed by atoms with van der Waals surface area (Å²) in [6.07, 6.45) is 1.51. The van der Waals surface area contributed by atoms with Gasteiger partial charge in [0.05, 0.1) is 17.9 Å². The number of aliphatic hydroxyl groups is 1. The Bertz CT molecular complexity index is 634. The van der Waals surface area contributed by atoms with E-state index >= 15 is 0 Å². The van der Waals surface area contributed by atoms with E-state index in [2.05, 4.69) is 15.6 Å². The van der Waals surface area contributed by atoms with Crippen LogP contribution in [0.3, 0.4) is 0 Å². The lowest BCUT2D eigenvalue weighted by Gasteiger charge is -2.14. The fourth-order valence-corrected chi connectivity index (χ4v) is 1.73. The van der Waals surface area contributed by atoms with Crippen molar-refractivity contribution >= 4 is 17.4 Å². The molecule has 1 aromatic heterocycles. The smallest absolute Gasteiger partial charge is 0.255 e. The van der Waals surface area contributed by atoms with E-state index < -0.39 is 5.82 Å². The van der Waals surface area contributed by atoms with Gasteiger partial charge in [-0.3, -0.25) is 4.79 Å². The van der Waals surface area contributed by atoms with E-state index in [1.807, 2.05) is 0 Å². The average Bonchev–Trinajstić information content (AvgIpc) is 2.50. The van der Waals surface area contributed by atoms with Crippen LogP contribution in [0, 0.1) is 5.82 Å². The van der Waals surface area contributed by atoms with Crippen LogP contribution in [0.2, 0.25) is 0 Å². The molecule has 5 nitrogen and oxygen atoms in total. The number of hydrogen-bond acceptors (Lipinski definition) is 4. The number of nitrogens with zero attached hydrogens (tertiary/aromatic N) is 1. The Morgan fingerprint density at radius 1 is 1.33 bits per heavy atom. The second-order valence-electron chi connectivity index (χ2n) is 4.56. The molecule has 2 rings (SSSR count). The third kappa shape index (κ3) is 3.76. The lowest BCUT2D eigenvalue weighted by atomic mass is 10.2. The number of anilines is 2. The molecule has 21 heavy (non-hydrogen) atoms. The van der Waals surface area contributed by atoms with Gasteiger partial charge in [-0.15, -0.1) is 0 Å². The molecule has 0 saturated carbocycles. The molecule has 0 aliphatic heterocycles. The molecule has 6 heteroatoms. The van der Waals surface area contributed by atoms with Crippen LogP contribution >= 0.6 is 0 Å². The van der Waals surface area contributed by atoms with Crippen LogP contribution in [0.4, 0.5) is 15.9 Å². The van der Waals surface area contributed by atoms with Crippen LogP contribution in [0.15, 0.2) is 42.6 Å². The zero-order valence-corrected chi connectivity index (χ0v) is 11.5. The van der Waals surface area contributed by atoms with E-state index in [9.17, 15) is 9.18 Å². The first-order chi connectivity index (χ1) is 10.1. The minimum atomic E-state index is -0.432. The van der Waals surface area contributed by atoms with E-state index in [4.69, 9.17) is 5.11 Å². The molecule has 1 atom stereocenters. The van der Waals surface area contributed by atoms with Gasteiger partial charge in [0.25, 0.3) is 5.91 Å². The van der Waals surface area contributed by atoms with Crippen molar-refractivity contribution in [3.63, 3.8) is 0 Å². The first kappa shape index (κ1) is 14.9. The summed E-state index contributed by atoms with van der Waals surface area (Å²) in [4.78, 5) is 16.2. The summed E-state index contributed by atoms with van der Waals surface area (Å²) in [6.45, 7) is 1.51. The number of rotatable bonds is 5. The van der Waals surface area contributed by atoms with Crippen molar-refractivity contribution in [1.29, 1.82) is 0 Å². The van der Waals surface area contributed by atoms with Crippen LogP contribution in [-0.2, 0) is 0 Å². The van der Waals surface area contributed by atoms with Crippen molar-refractivity contribution in [1.82, 2.24) is 10.3 Å². The molecule has 0 bridgehead atoms. The number of carbonyl (C=O) groups excluding carboxylic acids is 1. The fraction of sp³-hybridized carbons (Fsp3) is 0.200. The highest BCUT2D eigenvalue weighted by Crippen LogP contribution is 2.20. The minimum absolute atomic E-state index is 0.165. The number of halogens is 1.